The largest absolute Gasteiger partial charge is 0.312 e. The van der Waals surface area contributed by atoms with E-state index in [0.29, 0.717) is 5.91 Å². The number of anilines is 1. The van der Waals surface area contributed by atoms with Crippen molar-refractivity contribution in [1.82, 2.24) is 4.31 Å². The standard InChI is InChI=1S/C20H21BrN2OS/c21-16-6-8-17(9-7-16)23-15-12-20(19(23)24)10-13-22(14-11-20)25-18-4-2-1-3-5-18/h1-9H,10-15H2. The van der Waals surface area contributed by atoms with Crippen LogP contribution in [0.3, 0.4) is 0 Å². The predicted molar refractivity (Wildman–Crippen MR) is 107 cm³/mol. The van der Waals surface area contributed by atoms with Gasteiger partial charge in [-0.15, -0.1) is 0 Å². The third-order valence-electron chi connectivity index (χ3n) is 5.31. The lowest BCUT2D eigenvalue weighted by molar-refractivity contribution is -0.127. The van der Waals surface area contributed by atoms with Gasteiger partial charge in [0.15, 0.2) is 0 Å². The minimum Gasteiger partial charge on any atom is -0.312 e. The lowest BCUT2D eigenvalue weighted by Gasteiger charge is -2.37. The first-order valence-electron chi connectivity index (χ1n) is 8.72. The molecule has 2 saturated heterocycles. The van der Waals surface area contributed by atoms with E-state index in [1.165, 1.54) is 4.90 Å². The highest BCUT2D eigenvalue weighted by Crippen LogP contribution is 2.44. The highest BCUT2D eigenvalue weighted by atomic mass is 79.9. The molecule has 0 unspecified atom stereocenters. The van der Waals surface area contributed by atoms with E-state index in [4.69, 9.17) is 0 Å². The second kappa shape index (κ2) is 7.14. The molecular weight excluding hydrogens is 396 g/mol. The Hall–Kier alpha value is -1.30. The number of rotatable bonds is 3. The Morgan fingerprint density at radius 3 is 2.20 bits per heavy atom. The van der Waals surface area contributed by atoms with Gasteiger partial charge in [-0.25, -0.2) is 4.31 Å². The molecule has 0 aliphatic carbocycles. The van der Waals surface area contributed by atoms with Crippen LogP contribution >= 0.6 is 27.9 Å². The van der Waals surface area contributed by atoms with Crippen LogP contribution in [0.4, 0.5) is 5.69 Å². The molecule has 2 fully saturated rings. The van der Waals surface area contributed by atoms with Gasteiger partial charge in [-0.05, 0) is 67.6 Å². The summed E-state index contributed by atoms with van der Waals surface area (Å²) in [6.45, 7) is 2.78. The van der Waals surface area contributed by atoms with Crippen molar-refractivity contribution in [3.05, 3.63) is 59.1 Å². The van der Waals surface area contributed by atoms with Gasteiger partial charge >= 0.3 is 0 Å². The summed E-state index contributed by atoms with van der Waals surface area (Å²) in [4.78, 5) is 16.4. The minimum atomic E-state index is -0.152. The number of amides is 1. The summed E-state index contributed by atoms with van der Waals surface area (Å²) < 4.78 is 3.44. The molecule has 1 spiro atoms. The molecule has 0 aromatic heterocycles. The summed E-state index contributed by atoms with van der Waals surface area (Å²) in [6.07, 6.45) is 2.89. The van der Waals surface area contributed by atoms with Gasteiger partial charge in [0, 0.05) is 34.7 Å². The molecule has 2 aliphatic rings. The molecule has 0 saturated carbocycles. The molecule has 4 rings (SSSR count). The van der Waals surface area contributed by atoms with Crippen LogP contribution in [0.25, 0.3) is 0 Å². The third-order valence-corrected chi connectivity index (χ3v) is 6.94. The Kier molecular flexibility index (Phi) is 4.89. The fraction of sp³-hybridized carbons (Fsp3) is 0.350. The van der Waals surface area contributed by atoms with Crippen LogP contribution in [0.5, 0.6) is 0 Å². The van der Waals surface area contributed by atoms with E-state index < -0.39 is 0 Å². The van der Waals surface area contributed by atoms with Crippen molar-refractivity contribution in [2.75, 3.05) is 24.5 Å². The Morgan fingerprint density at radius 2 is 1.52 bits per heavy atom. The number of piperidine rings is 1. The summed E-state index contributed by atoms with van der Waals surface area (Å²) in [6, 6.07) is 18.6. The molecule has 3 nitrogen and oxygen atoms in total. The summed E-state index contributed by atoms with van der Waals surface area (Å²) in [5.74, 6) is 0.319. The van der Waals surface area contributed by atoms with Gasteiger partial charge in [0.25, 0.3) is 0 Å². The fourth-order valence-corrected chi connectivity index (χ4v) is 4.99. The molecule has 0 atom stereocenters. The van der Waals surface area contributed by atoms with Crippen molar-refractivity contribution in [1.29, 1.82) is 0 Å². The predicted octanol–water partition coefficient (Wildman–Crippen LogP) is 4.98. The van der Waals surface area contributed by atoms with Gasteiger partial charge in [-0.1, -0.05) is 34.1 Å². The first-order chi connectivity index (χ1) is 12.2. The van der Waals surface area contributed by atoms with E-state index in [1.54, 1.807) is 0 Å². The van der Waals surface area contributed by atoms with Gasteiger partial charge in [0.05, 0.1) is 5.41 Å². The van der Waals surface area contributed by atoms with Crippen LogP contribution in [0.2, 0.25) is 0 Å². The van der Waals surface area contributed by atoms with Crippen molar-refractivity contribution in [3.8, 4) is 0 Å². The Labute approximate surface area is 161 Å². The van der Waals surface area contributed by atoms with Gasteiger partial charge in [0.2, 0.25) is 5.91 Å². The first-order valence-corrected chi connectivity index (χ1v) is 10.3. The zero-order valence-electron chi connectivity index (χ0n) is 14.0. The van der Waals surface area contributed by atoms with E-state index in [1.807, 2.05) is 47.2 Å². The van der Waals surface area contributed by atoms with Crippen LogP contribution < -0.4 is 4.90 Å². The maximum Gasteiger partial charge on any atom is 0.233 e. The molecule has 2 heterocycles. The molecular formula is C20H21BrN2OS. The third kappa shape index (κ3) is 3.50. The monoisotopic (exact) mass is 416 g/mol. The van der Waals surface area contributed by atoms with E-state index in [9.17, 15) is 4.79 Å². The molecule has 1 amide bonds. The molecule has 2 aromatic carbocycles. The van der Waals surface area contributed by atoms with Gasteiger partial charge in [-0.3, -0.25) is 4.79 Å². The van der Waals surface area contributed by atoms with Gasteiger partial charge < -0.3 is 4.90 Å². The van der Waals surface area contributed by atoms with Gasteiger partial charge in [-0.2, -0.15) is 0 Å². The number of benzene rings is 2. The number of carbonyl (C=O) groups excluding carboxylic acids is 1. The molecule has 2 aliphatic heterocycles. The topological polar surface area (TPSA) is 23.6 Å². The van der Waals surface area contributed by atoms with Crippen LogP contribution in [0.1, 0.15) is 19.3 Å². The molecule has 5 heteroatoms. The van der Waals surface area contributed by atoms with Crippen molar-refractivity contribution in [2.45, 2.75) is 24.2 Å². The molecule has 0 N–H and O–H groups in total. The van der Waals surface area contributed by atoms with Gasteiger partial charge in [0.1, 0.15) is 0 Å². The summed E-state index contributed by atoms with van der Waals surface area (Å²) in [5, 5.41) is 0. The lowest BCUT2D eigenvalue weighted by atomic mass is 9.77. The number of carbonyl (C=O) groups is 1. The average Bonchev–Trinajstić information content (AvgIpc) is 2.95. The minimum absolute atomic E-state index is 0.152. The fourth-order valence-electron chi connectivity index (χ4n) is 3.79. The molecule has 0 bridgehead atoms. The summed E-state index contributed by atoms with van der Waals surface area (Å²) >= 11 is 5.27. The smallest absolute Gasteiger partial charge is 0.233 e. The molecule has 2 aromatic rings. The van der Waals surface area contributed by atoms with E-state index in [2.05, 4.69) is 44.5 Å². The zero-order valence-corrected chi connectivity index (χ0v) is 16.4. The van der Waals surface area contributed by atoms with Crippen molar-refractivity contribution in [2.24, 2.45) is 5.41 Å². The SMILES string of the molecule is O=C1N(c2ccc(Br)cc2)CCC12CCN(Sc1ccccc1)CC2. The highest BCUT2D eigenvalue weighted by Gasteiger charge is 2.48. The molecule has 25 heavy (non-hydrogen) atoms. The van der Waals surface area contributed by atoms with Crippen molar-refractivity contribution >= 4 is 39.5 Å². The van der Waals surface area contributed by atoms with Crippen LogP contribution in [-0.4, -0.2) is 29.8 Å². The maximum atomic E-state index is 13.1. The Bertz CT molecular complexity index is 742. The molecule has 130 valence electrons. The quantitative estimate of drug-likeness (QED) is 0.659. The summed E-state index contributed by atoms with van der Waals surface area (Å²) in [7, 11) is 0. The number of halogens is 1. The van der Waals surface area contributed by atoms with E-state index in [0.717, 1.165) is 49.1 Å². The van der Waals surface area contributed by atoms with Crippen molar-refractivity contribution in [3.63, 3.8) is 0 Å². The van der Waals surface area contributed by atoms with Crippen molar-refractivity contribution < 1.29 is 4.79 Å². The highest BCUT2D eigenvalue weighted by molar-refractivity contribution is 9.10. The number of hydrogen-bond donors (Lipinski definition) is 0. The van der Waals surface area contributed by atoms with E-state index in [-0.39, 0.29) is 5.41 Å². The van der Waals surface area contributed by atoms with Crippen LogP contribution in [-0.2, 0) is 4.79 Å². The van der Waals surface area contributed by atoms with Crippen LogP contribution in [0.15, 0.2) is 64.0 Å². The first kappa shape index (κ1) is 17.1. The second-order valence-electron chi connectivity index (χ2n) is 6.80. The number of nitrogens with zero attached hydrogens (tertiary/aromatic N) is 2. The Morgan fingerprint density at radius 1 is 0.880 bits per heavy atom. The Balaban J connectivity index is 1.41. The lowest BCUT2D eigenvalue weighted by Crippen LogP contribution is -2.42. The average molecular weight is 417 g/mol. The number of hydrogen-bond acceptors (Lipinski definition) is 3. The van der Waals surface area contributed by atoms with Crippen LogP contribution in [0, 0.1) is 5.41 Å². The zero-order chi connectivity index (χ0) is 17.3. The molecule has 0 radical (unpaired) electrons. The normalized spacial score (nSPS) is 20.4. The summed E-state index contributed by atoms with van der Waals surface area (Å²) in [5.41, 5.74) is 0.868. The maximum absolute atomic E-state index is 13.1. The van der Waals surface area contributed by atoms with E-state index >= 15 is 0 Å². The second-order valence-corrected chi connectivity index (χ2v) is 8.88.